The molecule has 140 valence electrons. The highest BCUT2D eigenvalue weighted by molar-refractivity contribution is 7.92. The molecule has 0 bridgehead atoms. The Bertz CT molecular complexity index is 1110. The summed E-state index contributed by atoms with van der Waals surface area (Å²) in [4.78, 5) is 3.87. The number of aromatic nitrogens is 1. The van der Waals surface area contributed by atoms with E-state index in [1.54, 1.807) is 12.1 Å². The number of nitrogens with zero attached hydrogens (tertiary/aromatic N) is 1. The molecule has 3 rings (SSSR count). The number of sulfonamides is 1. The molecule has 27 heavy (non-hydrogen) atoms. The van der Waals surface area contributed by atoms with Gasteiger partial charge in [-0.1, -0.05) is 46.4 Å². The highest BCUT2D eigenvalue weighted by atomic mass is 35.5. The molecule has 0 atom stereocenters. The van der Waals surface area contributed by atoms with E-state index in [1.165, 1.54) is 42.7 Å². The third-order valence-electron chi connectivity index (χ3n) is 3.30. The molecule has 0 fully saturated rings. The molecule has 0 spiro atoms. The van der Waals surface area contributed by atoms with E-state index in [9.17, 15) is 8.42 Å². The van der Waals surface area contributed by atoms with Crippen LogP contribution in [0.3, 0.4) is 0 Å². The number of pyridine rings is 1. The fourth-order valence-electron chi connectivity index (χ4n) is 2.07. The van der Waals surface area contributed by atoms with Crippen LogP contribution in [0.1, 0.15) is 0 Å². The van der Waals surface area contributed by atoms with Gasteiger partial charge in [0.1, 0.15) is 11.5 Å². The van der Waals surface area contributed by atoms with E-state index in [1.807, 2.05) is 0 Å². The van der Waals surface area contributed by atoms with E-state index in [0.717, 1.165) is 0 Å². The van der Waals surface area contributed by atoms with Crippen molar-refractivity contribution < 1.29 is 13.2 Å². The first-order valence-electron chi connectivity index (χ1n) is 7.30. The van der Waals surface area contributed by atoms with Gasteiger partial charge in [0.15, 0.2) is 0 Å². The first kappa shape index (κ1) is 20.0. The van der Waals surface area contributed by atoms with Crippen LogP contribution in [0, 0.1) is 0 Å². The Labute approximate surface area is 175 Å². The molecule has 0 unspecified atom stereocenters. The lowest BCUT2D eigenvalue weighted by atomic mass is 10.3. The molecule has 0 aliphatic heterocycles. The second-order valence-electron chi connectivity index (χ2n) is 5.26. The Kier molecular flexibility index (Phi) is 6.03. The Balaban J connectivity index is 1.82. The molecule has 0 saturated carbocycles. The summed E-state index contributed by atoms with van der Waals surface area (Å²) in [6.45, 7) is 0. The largest absolute Gasteiger partial charge is 0.456 e. The Morgan fingerprint density at radius 3 is 2.26 bits per heavy atom. The summed E-state index contributed by atoms with van der Waals surface area (Å²) in [5.74, 6) is 0.809. The van der Waals surface area contributed by atoms with Gasteiger partial charge < -0.3 is 4.74 Å². The van der Waals surface area contributed by atoms with E-state index in [4.69, 9.17) is 51.1 Å². The number of rotatable bonds is 5. The fraction of sp³-hybridized carbons (Fsp3) is 0. The predicted octanol–water partition coefficient (Wildman–Crippen LogP) is 6.29. The van der Waals surface area contributed by atoms with Gasteiger partial charge in [0.2, 0.25) is 0 Å². The number of halogens is 4. The monoisotopic (exact) mass is 462 g/mol. The normalized spacial score (nSPS) is 11.3. The zero-order valence-electron chi connectivity index (χ0n) is 13.3. The summed E-state index contributed by atoms with van der Waals surface area (Å²) in [6, 6.07) is 10.1. The maximum absolute atomic E-state index is 12.5. The highest BCUT2D eigenvalue weighted by Crippen LogP contribution is 2.32. The van der Waals surface area contributed by atoms with Gasteiger partial charge in [-0.25, -0.2) is 8.42 Å². The Morgan fingerprint density at radius 2 is 1.59 bits per heavy atom. The minimum absolute atomic E-state index is 0.0432. The zero-order valence-corrected chi connectivity index (χ0v) is 17.1. The van der Waals surface area contributed by atoms with Crippen LogP contribution >= 0.6 is 46.4 Å². The van der Waals surface area contributed by atoms with Crippen molar-refractivity contribution in [2.45, 2.75) is 4.90 Å². The molecule has 1 heterocycles. The van der Waals surface area contributed by atoms with Gasteiger partial charge in [-0.3, -0.25) is 9.71 Å². The molecule has 2 aromatic carbocycles. The maximum atomic E-state index is 12.5. The first-order valence-corrected chi connectivity index (χ1v) is 10.3. The third-order valence-corrected chi connectivity index (χ3v) is 5.92. The van der Waals surface area contributed by atoms with Crippen molar-refractivity contribution >= 4 is 62.1 Å². The fourth-order valence-corrected chi connectivity index (χ4v) is 3.98. The number of benzene rings is 2. The molecular weight excluding hydrogens is 454 g/mol. The van der Waals surface area contributed by atoms with E-state index < -0.39 is 10.0 Å². The van der Waals surface area contributed by atoms with Crippen molar-refractivity contribution in [3.8, 4) is 11.5 Å². The molecule has 0 radical (unpaired) electrons. The lowest BCUT2D eigenvalue weighted by Crippen LogP contribution is -2.13. The standard InChI is InChI=1S/C17H10Cl4N2O3S/c18-10-5-12(9-22-8-10)26-11-1-4-17(16(21)6-11)23-27(24,25)13-2-3-14(19)15(20)7-13/h1-9,23H. The zero-order chi connectivity index (χ0) is 19.6. The number of hydrogen-bond acceptors (Lipinski definition) is 4. The average molecular weight is 464 g/mol. The van der Waals surface area contributed by atoms with Crippen LogP contribution in [0.4, 0.5) is 5.69 Å². The van der Waals surface area contributed by atoms with Gasteiger partial charge in [0, 0.05) is 18.3 Å². The summed E-state index contributed by atoms with van der Waals surface area (Å²) in [7, 11) is -3.90. The topological polar surface area (TPSA) is 68.3 Å². The van der Waals surface area contributed by atoms with Crippen molar-refractivity contribution in [3.05, 3.63) is 74.9 Å². The third kappa shape index (κ3) is 4.97. The van der Waals surface area contributed by atoms with Gasteiger partial charge in [-0.2, -0.15) is 0 Å². The van der Waals surface area contributed by atoms with E-state index in [-0.39, 0.29) is 25.7 Å². The van der Waals surface area contributed by atoms with E-state index in [2.05, 4.69) is 9.71 Å². The molecule has 0 aliphatic rings. The molecule has 10 heteroatoms. The van der Waals surface area contributed by atoms with Crippen LogP contribution in [0.2, 0.25) is 20.1 Å². The maximum Gasteiger partial charge on any atom is 0.261 e. The summed E-state index contributed by atoms with van der Waals surface area (Å²) < 4.78 is 33.0. The molecule has 0 saturated heterocycles. The van der Waals surface area contributed by atoms with Crippen LogP contribution < -0.4 is 9.46 Å². The van der Waals surface area contributed by atoms with Crippen LogP contribution in [-0.4, -0.2) is 13.4 Å². The van der Waals surface area contributed by atoms with Crippen molar-refractivity contribution in [1.29, 1.82) is 0 Å². The molecule has 1 aromatic heterocycles. The van der Waals surface area contributed by atoms with Gasteiger partial charge in [-0.15, -0.1) is 0 Å². The van der Waals surface area contributed by atoms with Crippen LogP contribution in [0.25, 0.3) is 0 Å². The van der Waals surface area contributed by atoms with Gasteiger partial charge in [0.05, 0.1) is 36.9 Å². The van der Waals surface area contributed by atoms with Crippen LogP contribution in [0.5, 0.6) is 11.5 Å². The number of hydrogen-bond donors (Lipinski definition) is 1. The summed E-state index contributed by atoms with van der Waals surface area (Å²) >= 11 is 23.7. The lowest BCUT2D eigenvalue weighted by molar-refractivity contribution is 0.480. The van der Waals surface area contributed by atoms with Crippen LogP contribution in [-0.2, 0) is 10.0 Å². The van der Waals surface area contributed by atoms with Gasteiger partial charge >= 0.3 is 0 Å². The minimum Gasteiger partial charge on any atom is -0.456 e. The van der Waals surface area contributed by atoms with Crippen molar-refractivity contribution in [1.82, 2.24) is 4.98 Å². The predicted molar refractivity (Wildman–Crippen MR) is 108 cm³/mol. The van der Waals surface area contributed by atoms with Crippen molar-refractivity contribution in [3.63, 3.8) is 0 Å². The van der Waals surface area contributed by atoms with E-state index >= 15 is 0 Å². The molecule has 0 amide bonds. The molecule has 1 N–H and O–H groups in total. The number of nitrogens with one attached hydrogen (secondary N) is 1. The van der Waals surface area contributed by atoms with Crippen molar-refractivity contribution in [2.75, 3.05) is 4.72 Å². The molecule has 3 aromatic rings. The SMILES string of the molecule is O=S(=O)(Nc1ccc(Oc2cncc(Cl)c2)cc1Cl)c1ccc(Cl)c(Cl)c1. The average Bonchev–Trinajstić information content (AvgIpc) is 2.59. The molecule has 5 nitrogen and oxygen atoms in total. The Hall–Kier alpha value is -1.70. The van der Waals surface area contributed by atoms with E-state index in [0.29, 0.717) is 16.5 Å². The second-order valence-corrected chi connectivity index (χ2v) is 8.60. The smallest absolute Gasteiger partial charge is 0.261 e. The first-order chi connectivity index (χ1) is 12.7. The summed E-state index contributed by atoms with van der Waals surface area (Å²) in [6.07, 6.45) is 2.96. The van der Waals surface area contributed by atoms with Gasteiger partial charge in [-0.05, 0) is 30.3 Å². The quantitative estimate of drug-likeness (QED) is 0.482. The minimum atomic E-state index is -3.90. The molecular formula is C17H10Cl4N2O3S. The summed E-state index contributed by atoms with van der Waals surface area (Å²) in [5.41, 5.74) is 0.180. The van der Waals surface area contributed by atoms with Crippen LogP contribution in [0.15, 0.2) is 59.8 Å². The van der Waals surface area contributed by atoms with Crippen molar-refractivity contribution in [2.24, 2.45) is 0 Å². The number of ether oxygens (including phenoxy) is 1. The summed E-state index contributed by atoms with van der Waals surface area (Å²) in [5, 5.41) is 0.950. The lowest BCUT2D eigenvalue weighted by Gasteiger charge is -2.12. The highest BCUT2D eigenvalue weighted by Gasteiger charge is 2.17. The second kappa shape index (κ2) is 8.12. The Morgan fingerprint density at radius 1 is 0.815 bits per heavy atom. The number of anilines is 1. The van der Waals surface area contributed by atoms with Gasteiger partial charge in [0.25, 0.3) is 10.0 Å². The molecule has 0 aliphatic carbocycles.